The van der Waals surface area contributed by atoms with E-state index in [9.17, 15) is 8.42 Å². The Labute approximate surface area is 120 Å². The summed E-state index contributed by atoms with van der Waals surface area (Å²) in [6, 6.07) is 0. The highest BCUT2D eigenvalue weighted by molar-refractivity contribution is 7.89. The van der Waals surface area contributed by atoms with E-state index in [1.54, 1.807) is 4.68 Å². The van der Waals surface area contributed by atoms with Gasteiger partial charge in [0.1, 0.15) is 4.90 Å². The van der Waals surface area contributed by atoms with Crippen molar-refractivity contribution in [3.05, 3.63) is 6.20 Å². The van der Waals surface area contributed by atoms with E-state index >= 15 is 0 Å². The fraction of sp³-hybridized carbons (Fsp3) is 0.769. The van der Waals surface area contributed by atoms with Gasteiger partial charge < -0.3 is 5.73 Å². The van der Waals surface area contributed by atoms with Crippen LogP contribution >= 0.6 is 0 Å². The Kier molecular flexibility index (Phi) is 4.70. The summed E-state index contributed by atoms with van der Waals surface area (Å²) < 4.78 is 28.8. The maximum Gasteiger partial charge on any atom is 0.245 e. The number of nitrogens with zero attached hydrogens (tertiary/aromatic N) is 2. The smallest absolute Gasteiger partial charge is 0.245 e. The highest BCUT2D eigenvalue weighted by atomic mass is 32.2. The molecule has 0 aromatic carbocycles. The number of nitrogens with two attached hydrogens (primary N) is 1. The fourth-order valence-electron chi connectivity index (χ4n) is 2.79. The zero-order valence-corrected chi connectivity index (χ0v) is 13.0. The molecule has 1 fully saturated rings. The first-order chi connectivity index (χ1) is 9.44. The minimum atomic E-state index is -3.56. The normalized spacial score (nSPS) is 23.3. The second kappa shape index (κ2) is 6.13. The van der Waals surface area contributed by atoms with Crippen molar-refractivity contribution in [1.29, 1.82) is 0 Å². The Hall–Kier alpha value is -1.08. The first-order valence-corrected chi connectivity index (χ1v) is 8.75. The number of aryl methyl sites for hydroxylation is 1. The van der Waals surface area contributed by atoms with Gasteiger partial charge in [-0.3, -0.25) is 4.68 Å². The van der Waals surface area contributed by atoms with E-state index in [1.165, 1.54) is 19.0 Å². The molecule has 114 valence electrons. The van der Waals surface area contributed by atoms with Gasteiger partial charge in [0.25, 0.3) is 0 Å². The average Bonchev–Trinajstić information content (AvgIpc) is 2.94. The largest absolute Gasteiger partial charge is 0.381 e. The van der Waals surface area contributed by atoms with Gasteiger partial charge >= 0.3 is 0 Å². The Bertz CT molecular complexity index is 553. The molecule has 0 bridgehead atoms. The van der Waals surface area contributed by atoms with Crippen molar-refractivity contribution in [2.45, 2.75) is 51.0 Å². The summed E-state index contributed by atoms with van der Waals surface area (Å²) in [5.74, 6) is 1.08. The van der Waals surface area contributed by atoms with E-state index in [0.29, 0.717) is 24.9 Å². The van der Waals surface area contributed by atoms with Crippen molar-refractivity contribution in [1.82, 2.24) is 14.5 Å². The second-order valence-corrected chi connectivity index (χ2v) is 7.40. The first-order valence-electron chi connectivity index (χ1n) is 7.26. The molecule has 3 N–H and O–H groups in total. The van der Waals surface area contributed by atoms with Gasteiger partial charge in [-0.1, -0.05) is 26.7 Å². The lowest BCUT2D eigenvalue weighted by molar-refractivity contribution is 0.414. The SMILES string of the molecule is CCCn1cc(S(=O)(=O)NCC2CCCC2C)c(N)n1. The van der Waals surface area contributed by atoms with Gasteiger partial charge in [0.05, 0.1) is 0 Å². The maximum absolute atomic E-state index is 12.3. The molecule has 0 amide bonds. The molecule has 1 aliphatic rings. The quantitative estimate of drug-likeness (QED) is 0.834. The predicted molar refractivity (Wildman–Crippen MR) is 78.6 cm³/mol. The number of hydrogen-bond donors (Lipinski definition) is 2. The van der Waals surface area contributed by atoms with Gasteiger partial charge in [0.15, 0.2) is 5.82 Å². The van der Waals surface area contributed by atoms with Crippen LogP contribution in [0.5, 0.6) is 0 Å². The number of nitrogens with one attached hydrogen (secondary N) is 1. The molecule has 0 spiro atoms. The molecule has 20 heavy (non-hydrogen) atoms. The topological polar surface area (TPSA) is 90.0 Å². The van der Waals surface area contributed by atoms with Crippen LogP contribution in [0, 0.1) is 11.8 Å². The fourth-order valence-corrected chi connectivity index (χ4v) is 3.95. The number of aromatic nitrogens is 2. The lowest BCUT2D eigenvalue weighted by Crippen LogP contribution is -2.30. The van der Waals surface area contributed by atoms with E-state index < -0.39 is 10.0 Å². The summed E-state index contributed by atoms with van der Waals surface area (Å²) in [4.78, 5) is 0.0941. The van der Waals surface area contributed by atoms with Crippen LogP contribution < -0.4 is 10.5 Å². The van der Waals surface area contributed by atoms with Crippen LogP contribution in [0.15, 0.2) is 11.1 Å². The van der Waals surface area contributed by atoms with Gasteiger partial charge in [-0.15, -0.1) is 0 Å². The molecule has 1 aromatic heterocycles. The molecule has 6 nitrogen and oxygen atoms in total. The zero-order valence-electron chi connectivity index (χ0n) is 12.2. The van der Waals surface area contributed by atoms with Gasteiger partial charge in [0.2, 0.25) is 10.0 Å². The van der Waals surface area contributed by atoms with Crippen molar-refractivity contribution in [2.75, 3.05) is 12.3 Å². The predicted octanol–water partition coefficient (Wildman–Crippen LogP) is 1.59. The number of nitrogen functional groups attached to an aromatic ring is 1. The lowest BCUT2D eigenvalue weighted by Gasteiger charge is -2.15. The van der Waals surface area contributed by atoms with E-state index in [1.807, 2.05) is 6.92 Å². The summed E-state index contributed by atoms with van der Waals surface area (Å²) in [5.41, 5.74) is 5.72. The average molecular weight is 300 g/mol. The zero-order chi connectivity index (χ0) is 14.8. The van der Waals surface area contributed by atoms with Crippen LogP contribution in [0.2, 0.25) is 0 Å². The Morgan fingerprint density at radius 2 is 2.25 bits per heavy atom. The molecule has 1 aromatic rings. The summed E-state index contributed by atoms with van der Waals surface area (Å²) in [5, 5.41) is 4.04. The molecule has 7 heteroatoms. The number of rotatable bonds is 6. The molecule has 0 radical (unpaired) electrons. The van der Waals surface area contributed by atoms with Crippen LogP contribution in [0.4, 0.5) is 5.82 Å². The summed E-state index contributed by atoms with van der Waals surface area (Å²) in [7, 11) is -3.56. The standard InChI is InChI=1S/C13H24N4O2S/c1-3-7-17-9-12(13(14)16-17)20(18,19)15-8-11-6-4-5-10(11)2/h9-11,15H,3-8H2,1-2H3,(H2,14,16). The van der Waals surface area contributed by atoms with Crippen LogP contribution in [-0.4, -0.2) is 24.7 Å². The Morgan fingerprint density at radius 3 is 2.85 bits per heavy atom. The van der Waals surface area contributed by atoms with E-state index in [0.717, 1.165) is 12.8 Å². The van der Waals surface area contributed by atoms with Crippen LogP contribution in [0.3, 0.4) is 0 Å². The van der Waals surface area contributed by atoms with Crippen LogP contribution in [-0.2, 0) is 16.6 Å². The van der Waals surface area contributed by atoms with Gasteiger partial charge in [-0.2, -0.15) is 5.10 Å². The van der Waals surface area contributed by atoms with Crippen LogP contribution in [0.1, 0.15) is 39.5 Å². The molecule has 2 atom stereocenters. The van der Waals surface area contributed by atoms with Crippen molar-refractivity contribution < 1.29 is 8.42 Å². The molecule has 0 saturated heterocycles. The van der Waals surface area contributed by atoms with Crippen LogP contribution in [0.25, 0.3) is 0 Å². The Balaban J connectivity index is 2.06. The number of anilines is 1. The molecule has 2 rings (SSSR count). The van der Waals surface area contributed by atoms with E-state index in [-0.39, 0.29) is 10.7 Å². The summed E-state index contributed by atoms with van der Waals surface area (Å²) >= 11 is 0. The monoisotopic (exact) mass is 300 g/mol. The lowest BCUT2D eigenvalue weighted by atomic mass is 9.99. The summed E-state index contributed by atoms with van der Waals surface area (Å²) in [6.07, 6.45) is 5.86. The second-order valence-electron chi connectivity index (χ2n) is 5.66. The van der Waals surface area contributed by atoms with Crippen molar-refractivity contribution in [2.24, 2.45) is 11.8 Å². The molecule has 2 unspecified atom stereocenters. The van der Waals surface area contributed by atoms with E-state index in [4.69, 9.17) is 5.73 Å². The maximum atomic E-state index is 12.3. The highest BCUT2D eigenvalue weighted by Gasteiger charge is 2.27. The minimum absolute atomic E-state index is 0.0745. The molecular weight excluding hydrogens is 276 g/mol. The van der Waals surface area contributed by atoms with Gasteiger partial charge in [0, 0.05) is 19.3 Å². The highest BCUT2D eigenvalue weighted by Crippen LogP contribution is 2.30. The number of sulfonamides is 1. The third-order valence-electron chi connectivity index (χ3n) is 4.07. The minimum Gasteiger partial charge on any atom is -0.381 e. The number of hydrogen-bond acceptors (Lipinski definition) is 4. The van der Waals surface area contributed by atoms with Gasteiger partial charge in [-0.05, 0) is 24.7 Å². The Morgan fingerprint density at radius 1 is 1.50 bits per heavy atom. The molecule has 1 saturated carbocycles. The third-order valence-corrected chi connectivity index (χ3v) is 5.51. The summed E-state index contributed by atoms with van der Waals surface area (Å²) in [6.45, 7) is 5.34. The molecule has 1 aliphatic carbocycles. The van der Waals surface area contributed by atoms with E-state index in [2.05, 4.69) is 16.7 Å². The molecule has 0 aliphatic heterocycles. The molecular formula is C13H24N4O2S. The van der Waals surface area contributed by atoms with Crippen molar-refractivity contribution in [3.63, 3.8) is 0 Å². The third kappa shape index (κ3) is 3.32. The molecule has 1 heterocycles. The van der Waals surface area contributed by atoms with Crippen molar-refractivity contribution in [3.8, 4) is 0 Å². The van der Waals surface area contributed by atoms with Gasteiger partial charge in [-0.25, -0.2) is 13.1 Å². The first kappa shape index (κ1) is 15.3. The van der Waals surface area contributed by atoms with Crippen molar-refractivity contribution >= 4 is 15.8 Å².